The van der Waals surface area contributed by atoms with Crippen LogP contribution >= 0.6 is 0 Å². The summed E-state index contributed by atoms with van der Waals surface area (Å²) in [5, 5.41) is 12.0. The van der Waals surface area contributed by atoms with Gasteiger partial charge in [0.2, 0.25) is 11.8 Å². The van der Waals surface area contributed by atoms with Gasteiger partial charge in [0.15, 0.2) is 0 Å². The van der Waals surface area contributed by atoms with Crippen molar-refractivity contribution >= 4 is 17.8 Å². The molecule has 1 aromatic rings. The summed E-state index contributed by atoms with van der Waals surface area (Å²) >= 11 is 0. The molecular weight excluding hydrogens is 324 g/mol. The predicted octanol–water partition coefficient (Wildman–Crippen LogP) is -0.924. The van der Waals surface area contributed by atoms with Crippen LogP contribution in [0.4, 0.5) is 0 Å². The molecule has 1 saturated heterocycles. The normalized spacial score (nSPS) is 21.0. The van der Waals surface area contributed by atoms with Crippen LogP contribution in [0.5, 0.6) is 0 Å². The fourth-order valence-electron chi connectivity index (χ4n) is 3.01. The highest BCUT2D eigenvalue weighted by Crippen LogP contribution is 2.20. The summed E-state index contributed by atoms with van der Waals surface area (Å²) in [6.45, 7) is -0.0562. The van der Waals surface area contributed by atoms with Crippen LogP contribution in [0.2, 0.25) is 0 Å². The highest BCUT2D eigenvalue weighted by atomic mass is 16.4. The van der Waals surface area contributed by atoms with Crippen molar-refractivity contribution in [2.45, 2.75) is 37.4 Å². The minimum absolute atomic E-state index is 0.126. The monoisotopic (exact) mass is 348 g/mol. The van der Waals surface area contributed by atoms with E-state index in [1.54, 1.807) is 0 Å². The molecule has 0 radical (unpaired) electrons. The standard InChI is InChI=1S/C17H24N4O4/c18-9-15(22)20-12-8-14(17(24)25)21(10-12)16(23)13(19)7-6-11-4-2-1-3-5-11/h1-5,12-14H,6-10,18-19H2,(H,20,22)(H,24,25)/t12-,13-,14-/m0/s1. The third kappa shape index (κ3) is 5.01. The van der Waals surface area contributed by atoms with Gasteiger partial charge in [0, 0.05) is 19.0 Å². The van der Waals surface area contributed by atoms with E-state index in [0.29, 0.717) is 12.8 Å². The highest BCUT2D eigenvalue weighted by molar-refractivity contribution is 5.88. The molecular formula is C17H24N4O4. The number of amides is 2. The lowest BCUT2D eigenvalue weighted by atomic mass is 10.0. The molecule has 0 aromatic heterocycles. The average molecular weight is 348 g/mol. The first-order chi connectivity index (χ1) is 11.9. The summed E-state index contributed by atoms with van der Waals surface area (Å²) < 4.78 is 0. The summed E-state index contributed by atoms with van der Waals surface area (Å²) in [6.07, 6.45) is 1.20. The van der Waals surface area contributed by atoms with E-state index in [1.807, 2.05) is 30.3 Å². The number of nitrogens with zero attached hydrogens (tertiary/aromatic N) is 1. The summed E-state index contributed by atoms with van der Waals surface area (Å²) in [6, 6.07) is 7.43. The number of carbonyl (C=O) groups is 3. The van der Waals surface area contributed by atoms with Gasteiger partial charge in [-0.05, 0) is 18.4 Å². The molecule has 1 heterocycles. The first kappa shape index (κ1) is 18.9. The third-order valence-corrected chi connectivity index (χ3v) is 4.32. The number of hydrogen-bond donors (Lipinski definition) is 4. The van der Waals surface area contributed by atoms with Gasteiger partial charge in [-0.2, -0.15) is 0 Å². The first-order valence-electron chi connectivity index (χ1n) is 8.24. The van der Waals surface area contributed by atoms with Gasteiger partial charge in [0.25, 0.3) is 0 Å². The van der Waals surface area contributed by atoms with E-state index in [0.717, 1.165) is 5.56 Å². The van der Waals surface area contributed by atoms with Crippen molar-refractivity contribution in [3.63, 3.8) is 0 Å². The fourth-order valence-corrected chi connectivity index (χ4v) is 3.01. The van der Waals surface area contributed by atoms with Crippen LogP contribution in [0, 0.1) is 0 Å². The number of benzene rings is 1. The summed E-state index contributed by atoms with van der Waals surface area (Å²) in [5.41, 5.74) is 12.3. The zero-order valence-electron chi connectivity index (χ0n) is 13.9. The van der Waals surface area contributed by atoms with Crippen molar-refractivity contribution in [1.29, 1.82) is 0 Å². The van der Waals surface area contributed by atoms with E-state index < -0.39 is 30.0 Å². The second-order valence-electron chi connectivity index (χ2n) is 6.18. The Kier molecular flexibility index (Phi) is 6.49. The zero-order valence-corrected chi connectivity index (χ0v) is 13.9. The number of carboxylic acid groups (broad SMARTS) is 1. The molecule has 1 aromatic carbocycles. The molecule has 1 aliphatic heterocycles. The minimum Gasteiger partial charge on any atom is -0.480 e. The van der Waals surface area contributed by atoms with Gasteiger partial charge >= 0.3 is 5.97 Å². The quantitative estimate of drug-likeness (QED) is 0.502. The molecule has 6 N–H and O–H groups in total. The Morgan fingerprint density at radius 3 is 2.56 bits per heavy atom. The largest absolute Gasteiger partial charge is 0.480 e. The molecule has 0 unspecified atom stereocenters. The van der Waals surface area contributed by atoms with E-state index in [1.165, 1.54) is 4.90 Å². The molecule has 0 aliphatic carbocycles. The number of nitrogens with two attached hydrogens (primary N) is 2. The van der Waals surface area contributed by atoms with Crippen LogP contribution in [0.15, 0.2) is 30.3 Å². The maximum atomic E-state index is 12.6. The lowest BCUT2D eigenvalue weighted by Crippen LogP contribution is -2.49. The number of carbonyl (C=O) groups excluding carboxylic acids is 2. The number of hydrogen-bond acceptors (Lipinski definition) is 5. The van der Waals surface area contributed by atoms with Crippen molar-refractivity contribution in [3.8, 4) is 0 Å². The van der Waals surface area contributed by atoms with Crippen LogP contribution in [0.1, 0.15) is 18.4 Å². The summed E-state index contributed by atoms with van der Waals surface area (Å²) in [7, 11) is 0. The van der Waals surface area contributed by atoms with Gasteiger partial charge in [0.1, 0.15) is 6.04 Å². The molecule has 136 valence electrons. The summed E-state index contributed by atoms with van der Waals surface area (Å²) in [4.78, 5) is 36.7. The molecule has 1 fully saturated rings. The lowest BCUT2D eigenvalue weighted by Gasteiger charge is -2.24. The first-order valence-corrected chi connectivity index (χ1v) is 8.24. The SMILES string of the molecule is NCC(=O)N[C@H]1C[C@@H](C(=O)O)N(C(=O)[C@@H](N)CCc2ccccc2)C1. The number of carboxylic acids is 1. The van der Waals surface area contributed by atoms with Crippen molar-refractivity contribution in [3.05, 3.63) is 35.9 Å². The van der Waals surface area contributed by atoms with Crippen LogP contribution in [0.3, 0.4) is 0 Å². The van der Waals surface area contributed by atoms with Crippen molar-refractivity contribution < 1.29 is 19.5 Å². The van der Waals surface area contributed by atoms with Gasteiger partial charge in [-0.15, -0.1) is 0 Å². The topological polar surface area (TPSA) is 139 Å². The van der Waals surface area contributed by atoms with Crippen LogP contribution in [-0.4, -0.2) is 59.0 Å². The maximum Gasteiger partial charge on any atom is 0.326 e. The van der Waals surface area contributed by atoms with Crippen molar-refractivity contribution in [2.24, 2.45) is 11.5 Å². The van der Waals surface area contributed by atoms with Crippen molar-refractivity contribution in [1.82, 2.24) is 10.2 Å². The Bertz CT molecular complexity index is 622. The van der Waals surface area contributed by atoms with Crippen LogP contribution < -0.4 is 16.8 Å². The number of rotatable bonds is 7. The van der Waals surface area contributed by atoms with E-state index in [4.69, 9.17) is 11.5 Å². The minimum atomic E-state index is -1.10. The Morgan fingerprint density at radius 1 is 1.28 bits per heavy atom. The third-order valence-electron chi connectivity index (χ3n) is 4.32. The van der Waals surface area contributed by atoms with Crippen LogP contribution in [-0.2, 0) is 20.8 Å². The number of aryl methyl sites for hydroxylation is 1. The fraction of sp³-hybridized carbons (Fsp3) is 0.471. The highest BCUT2D eigenvalue weighted by Gasteiger charge is 2.41. The molecule has 0 spiro atoms. The van der Waals surface area contributed by atoms with Gasteiger partial charge in [-0.25, -0.2) is 4.79 Å². The van der Waals surface area contributed by atoms with Crippen LogP contribution in [0.25, 0.3) is 0 Å². The Labute approximate surface area is 146 Å². The van der Waals surface area contributed by atoms with E-state index >= 15 is 0 Å². The zero-order chi connectivity index (χ0) is 18.4. The van der Waals surface area contributed by atoms with Gasteiger partial charge in [0.05, 0.1) is 12.6 Å². The molecule has 1 aliphatic rings. The molecule has 2 rings (SSSR count). The summed E-state index contributed by atoms with van der Waals surface area (Å²) in [5.74, 6) is -1.89. The Hall–Kier alpha value is -2.45. The molecule has 0 bridgehead atoms. The Balaban J connectivity index is 1.97. The smallest absolute Gasteiger partial charge is 0.326 e. The number of nitrogens with one attached hydrogen (secondary N) is 1. The number of aliphatic carboxylic acids is 1. The molecule has 8 nitrogen and oxygen atoms in total. The number of likely N-dealkylation sites (tertiary alicyclic amines) is 1. The van der Waals surface area contributed by atoms with E-state index in [2.05, 4.69) is 5.32 Å². The van der Waals surface area contributed by atoms with Gasteiger partial charge in [-0.1, -0.05) is 30.3 Å². The van der Waals surface area contributed by atoms with Crippen molar-refractivity contribution in [2.75, 3.05) is 13.1 Å². The second-order valence-corrected chi connectivity index (χ2v) is 6.18. The second kappa shape index (κ2) is 8.59. The lowest BCUT2D eigenvalue weighted by molar-refractivity contribution is -0.148. The van der Waals surface area contributed by atoms with Gasteiger partial charge in [-0.3, -0.25) is 9.59 Å². The molecule has 25 heavy (non-hydrogen) atoms. The maximum absolute atomic E-state index is 12.6. The van der Waals surface area contributed by atoms with Gasteiger partial charge < -0.3 is 26.8 Å². The molecule has 8 heteroatoms. The molecule has 3 atom stereocenters. The van der Waals surface area contributed by atoms with E-state index in [9.17, 15) is 19.5 Å². The Morgan fingerprint density at radius 2 is 1.96 bits per heavy atom. The van der Waals surface area contributed by atoms with E-state index in [-0.39, 0.29) is 25.4 Å². The molecule has 0 saturated carbocycles. The average Bonchev–Trinajstić information content (AvgIpc) is 3.03. The predicted molar refractivity (Wildman–Crippen MR) is 91.5 cm³/mol. The molecule has 2 amide bonds.